The molecule has 0 aliphatic carbocycles. The molecule has 19 nitrogen and oxygen atoms in total. The van der Waals surface area contributed by atoms with E-state index in [1.54, 1.807) is 49.3 Å². The van der Waals surface area contributed by atoms with Crippen LogP contribution in [0.15, 0.2) is 54.1 Å². The minimum atomic E-state index is -3.05. The number of benzene rings is 1. The van der Waals surface area contributed by atoms with E-state index in [0.717, 1.165) is 0 Å². The van der Waals surface area contributed by atoms with Crippen molar-refractivity contribution in [2.45, 2.75) is 57.6 Å². The Labute approximate surface area is 307 Å². The fraction of sp³-hybridized carbons (Fsp3) is 0.452. The van der Waals surface area contributed by atoms with Crippen molar-refractivity contribution in [1.82, 2.24) is 39.0 Å². The Balaban J connectivity index is 1.05. The SMILES string of the molecule is Cc1nc2c(ncn2[C@@H]2O[C@H](COP(C)(=S)OC3[C@@H](CO)O[C@@H](n4cnc5c(NC(=O)c6ccccc6)ncnc54)[C@H]3C)C(C)[C@@H]2O[P+](=O)O)c(=O)[nH]1. The van der Waals surface area contributed by atoms with E-state index >= 15 is 0 Å². The number of aryl methyl sites for hydroxylation is 1. The fourth-order valence-electron chi connectivity index (χ4n) is 6.61. The third-order valence-corrected chi connectivity index (χ3v) is 11.5. The van der Waals surface area contributed by atoms with Crippen LogP contribution in [0.25, 0.3) is 22.3 Å². The van der Waals surface area contributed by atoms with Crippen molar-refractivity contribution in [3.05, 3.63) is 71.1 Å². The lowest BCUT2D eigenvalue weighted by atomic mass is 10.0. The molecule has 5 aromatic rings. The van der Waals surface area contributed by atoms with Crippen LogP contribution < -0.4 is 10.9 Å². The van der Waals surface area contributed by atoms with Crippen molar-refractivity contribution in [3.8, 4) is 0 Å². The molecule has 0 saturated carbocycles. The molecule has 22 heteroatoms. The van der Waals surface area contributed by atoms with Crippen LogP contribution in [0.4, 0.5) is 5.82 Å². The van der Waals surface area contributed by atoms with Crippen molar-refractivity contribution < 1.29 is 42.4 Å². The normalized spacial score (nSPS) is 27.3. The lowest BCUT2D eigenvalue weighted by Gasteiger charge is -2.28. The average Bonchev–Trinajstić information content (AvgIpc) is 3.89. The van der Waals surface area contributed by atoms with Crippen LogP contribution in [0.2, 0.25) is 0 Å². The zero-order chi connectivity index (χ0) is 37.6. The lowest BCUT2D eigenvalue weighted by molar-refractivity contribution is -0.0475. The van der Waals surface area contributed by atoms with Gasteiger partial charge in [0.25, 0.3) is 11.5 Å². The lowest BCUT2D eigenvalue weighted by Crippen LogP contribution is -2.31. The summed E-state index contributed by atoms with van der Waals surface area (Å²) in [6, 6.07) is 8.70. The highest BCUT2D eigenvalue weighted by Crippen LogP contribution is 2.52. The van der Waals surface area contributed by atoms with Gasteiger partial charge in [0.1, 0.15) is 30.6 Å². The zero-order valence-corrected chi connectivity index (χ0v) is 31.4. The minimum Gasteiger partial charge on any atom is -0.394 e. The van der Waals surface area contributed by atoms with Crippen molar-refractivity contribution >= 4 is 60.6 Å². The summed E-state index contributed by atoms with van der Waals surface area (Å²) in [5.74, 6) is -0.644. The summed E-state index contributed by atoms with van der Waals surface area (Å²) in [6.45, 7) is 3.43. The maximum Gasteiger partial charge on any atom is 0.695 e. The first-order chi connectivity index (χ1) is 25.3. The summed E-state index contributed by atoms with van der Waals surface area (Å²) in [5.41, 5.74) is 1.06. The highest BCUT2D eigenvalue weighted by atomic mass is 32.5. The predicted molar refractivity (Wildman–Crippen MR) is 192 cm³/mol. The van der Waals surface area contributed by atoms with Gasteiger partial charge in [0.2, 0.25) is 0 Å². The van der Waals surface area contributed by atoms with Gasteiger partial charge in [-0.05, 0) is 30.9 Å². The van der Waals surface area contributed by atoms with Gasteiger partial charge in [-0.1, -0.05) is 32.0 Å². The van der Waals surface area contributed by atoms with Gasteiger partial charge in [-0.25, -0.2) is 24.9 Å². The summed E-state index contributed by atoms with van der Waals surface area (Å²) in [6.07, 6.45) is -0.547. The van der Waals surface area contributed by atoms with E-state index in [1.165, 1.54) is 23.5 Å². The summed E-state index contributed by atoms with van der Waals surface area (Å²) in [4.78, 5) is 59.2. The summed E-state index contributed by atoms with van der Waals surface area (Å²) in [7, 11) is -3.02. The number of nitrogens with one attached hydrogen (secondary N) is 2. The summed E-state index contributed by atoms with van der Waals surface area (Å²) >= 11 is 5.83. The van der Waals surface area contributed by atoms with E-state index in [9.17, 15) is 24.2 Å². The van der Waals surface area contributed by atoms with E-state index in [0.29, 0.717) is 22.6 Å². The Hall–Kier alpha value is -3.94. The molecule has 53 heavy (non-hydrogen) atoms. The fourth-order valence-corrected chi connectivity index (χ4v) is 8.84. The number of fused-ring (bicyclic) bond motifs is 2. The van der Waals surface area contributed by atoms with Crippen molar-refractivity contribution in [1.29, 1.82) is 0 Å². The number of nitrogens with zero attached hydrogens (tertiary/aromatic N) is 7. The maximum absolute atomic E-state index is 12.8. The molecule has 6 heterocycles. The van der Waals surface area contributed by atoms with Crippen LogP contribution in [-0.4, -0.2) is 99.2 Å². The number of aromatic amines is 1. The average molecular weight is 789 g/mol. The third-order valence-electron chi connectivity index (χ3n) is 9.25. The molecule has 280 valence electrons. The molecule has 2 aliphatic heterocycles. The van der Waals surface area contributed by atoms with Gasteiger partial charge < -0.3 is 33.9 Å². The number of amides is 1. The van der Waals surface area contributed by atoms with Gasteiger partial charge in [-0.15, -0.1) is 9.42 Å². The molecular formula is C31H36N9O10P2S+. The predicted octanol–water partition coefficient (Wildman–Crippen LogP) is 2.96. The number of carbonyl (C=O) groups is 1. The molecule has 4 unspecified atom stereocenters. The van der Waals surface area contributed by atoms with E-state index in [1.807, 2.05) is 13.0 Å². The molecule has 7 rings (SSSR count). The number of aromatic nitrogens is 8. The Morgan fingerprint density at radius 1 is 1.02 bits per heavy atom. The molecule has 10 atom stereocenters. The Morgan fingerprint density at radius 3 is 2.43 bits per heavy atom. The number of imidazole rings is 2. The number of aliphatic hydroxyl groups excluding tert-OH is 1. The molecule has 0 radical (unpaired) electrons. The van der Waals surface area contributed by atoms with Gasteiger partial charge >= 0.3 is 8.25 Å². The molecular weight excluding hydrogens is 752 g/mol. The highest BCUT2D eigenvalue weighted by Gasteiger charge is 2.50. The molecule has 2 saturated heterocycles. The Kier molecular flexibility index (Phi) is 10.6. The first-order valence-electron chi connectivity index (χ1n) is 16.5. The van der Waals surface area contributed by atoms with Crippen molar-refractivity contribution in [2.75, 3.05) is 25.2 Å². The number of anilines is 1. The van der Waals surface area contributed by atoms with Crippen LogP contribution >= 0.6 is 14.7 Å². The highest BCUT2D eigenvalue weighted by molar-refractivity contribution is 8.09. The van der Waals surface area contributed by atoms with Gasteiger partial charge in [0.15, 0.2) is 47.0 Å². The van der Waals surface area contributed by atoms with Crippen molar-refractivity contribution in [3.63, 3.8) is 0 Å². The Morgan fingerprint density at radius 2 is 1.72 bits per heavy atom. The number of aliphatic hydroxyl groups is 1. The number of H-pyrrole nitrogens is 1. The number of rotatable bonds is 12. The maximum atomic E-state index is 12.8. The largest absolute Gasteiger partial charge is 0.695 e. The standard InChI is InChI=1S/C31H35N9O10P2S/c1-15-20(48-31(24(15)49-51(44)45)40-14-35-22-27(40)36-17(3)37-29(22)43)11-46-52(4,53)50-23-16(2)30(47-19(23)10-41)39-13-34-21-25(32-12-33-26(21)39)38-28(42)18-8-6-5-7-9-18/h5-9,12-16,19-20,23-24,30-31,41H,10-11H2,1-4H3,(H2-,32,33,36,37,38,42,43,44,45)/p+1/t15?,16-,19+,20+,23?,24-,30+,31+,52?/m0/s1. The van der Waals surface area contributed by atoms with Gasteiger partial charge in [0.05, 0.1) is 32.0 Å². The molecule has 0 spiro atoms. The molecule has 4 N–H and O–H groups in total. The molecule has 2 aliphatic rings. The molecule has 0 bridgehead atoms. The smallest absolute Gasteiger partial charge is 0.394 e. The molecule has 2 fully saturated rings. The minimum absolute atomic E-state index is 0.0665. The second kappa shape index (κ2) is 15.1. The summed E-state index contributed by atoms with van der Waals surface area (Å²) in [5, 5.41) is 13.1. The van der Waals surface area contributed by atoms with E-state index in [2.05, 4.69) is 35.2 Å². The number of hydrogen-bond donors (Lipinski definition) is 4. The van der Waals surface area contributed by atoms with Gasteiger partial charge in [-0.2, -0.15) is 0 Å². The number of carbonyl (C=O) groups excluding carboxylic acids is 1. The van der Waals surface area contributed by atoms with Gasteiger partial charge in [-0.3, -0.25) is 18.7 Å². The van der Waals surface area contributed by atoms with Crippen LogP contribution in [0.1, 0.15) is 42.5 Å². The first-order valence-corrected chi connectivity index (χ1v) is 20.7. The van der Waals surface area contributed by atoms with E-state index in [4.69, 9.17) is 34.9 Å². The van der Waals surface area contributed by atoms with E-state index in [-0.39, 0.29) is 42.0 Å². The zero-order valence-electron chi connectivity index (χ0n) is 28.7. The monoisotopic (exact) mass is 788 g/mol. The number of ether oxygens (including phenoxy) is 2. The first kappa shape index (κ1) is 37.4. The van der Waals surface area contributed by atoms with Gasteiger partial charge in [0, 0.05) is 28.6 Å². The topological polar surface area (TPSA) is 240 Å². The second-order valence-corrected chi connectivity index (χ2v) is 17.5. The van der Waals surface area contributed by atoms with Crippen LogP contribution in [0.3, 0.4) is 0 Å². The number of hydrogen-bond acceptors (Lipinski definition) is 15. The summed E-state index contributed by atoms with van der Waals surface area (Å²) < 4.78 is 45.6. The second-order valence-electron chi connectivity index (χ2n) is 12.8. The molecule has 1 amide bonds. The van der Waals surface area contributed by atoms with Crippen LogP contribution in [0.5, 0.6) is 0 Å². The molecule has 1 aromatic carbocycles. The van der Waals surface area contributed by atoms with Crippen LogP contribution in [0, 0.1) is 18.8 Å². The van der Waals surface area contributed by atoms with Crippen molar-refractivity contribution in [2.24, 2.45) is 11.8 Å². The quantitative estimate of drug-likeness (QED) is 0.133. The molecule has 4 aromatic heterocycles. The third kappa shape index (κ3) is 7.44. The Bertz CT molecular complexity index is 2270. The van der Waals surface area contributed by atoms with Crippen LogP contribution in [-0.2, 0) is 39.4 Å². The van der Waals surface area contributed by atoms with E-state index < -0.39 is 63.1 Å².